The SMILES string of the molecule is Cc1ccc(NC2CC3CCC2N(C(=O)c2ncccc2-c2ncc(F)cn2)C3)nc1. The molecule has 0 radical (unpaired) electrons. The Morgan fingerprint density at radius 3 is 2.68 bits per heavy atom. The van der Waals surface area contributed by atoms with Crippen molar-refractivity contribution in [2.24, 2.45) is 5.92 Å². The van der Waals surface area contributed by atoms with Crippen LogP contribution < -0.4 is 5.32 Å². The molecule has 1 saturated carbocycles. The molecule has 5 heterocycles. The molecule has 0 spiro atoms. The molecule has 3 aromatic heterocycles. The molecule has 1 aliphatic carbocycles. The molecule has 2 saturated heterocycles. The van der Waals surface area contributed by atoms with Gasteiger partial charge in [0.05, 0.1) is 24.0 Å². The van der Waals surface area contributed by atoms with E-state index < -0.39 is 5.82 Å². The largest absolute Gasteiger partial charge is 0.365 e. The first-order chi connectivity index (χ1) is 15.1. The van der Waals surface area contributed by atoms with E-state index in [1.165, 1.54) is 0 Å². The second-order valence-electron chi connectivity index (χ2n) is 8.30. The fourth-order valence-electron chi connectivity index (χ4n) is 4.67. The highest BCUT2D eigenvalue weighted by molar-refractivity contribution is 5.98. The number of pyridine rings is 2. The number of amides is 1. The molecule has 3 atom stereocenters. The summed E-state index contributed by atoms with van der Waals surface area (Å²) in [5.41, 5.74) is 1.92. The van der Waals surface area contributed by atoms with Crippen LogP contribution in [0.4, 0.5) is 10.2 Å². The monoisotopic (exact) mass is 418 g/mol. The Bertz CT molecular complexity index is 1090. The van der Waals surface area contributed by atoms with Crippen LogP contribution in [0.15, 0.2) is 49.1 Å². The Morgan fingerprint density at radius 1 is 1.10 bits per heavy atom. The predicted octanol–water partition coefficient (Wildman–Crippen LogP) is 3.49. The topological polar surface area (TPSA) is 83.9 Å². The molecule has 31 heavy (non-hydrogen) atoms. The number of aryl methyl sites for hydroxylation is 1. The van der Waals surface area contributed by atoms with Gasteiger partial charge in [0.15, 0.2) is 11.6 Å². The molecule has 1 amide bonds. The Balaban J connectivity index is 1.42. The minimum atomic E-state index is -0.521. The number of hydrogen-bond donors (Lipinski definition) is 1. The Morgan fingerprint density at radius 2 is 1.94 bits per heavy atom. The number of carbonyl (C=O) groups is 1. The summed E-state index contributed by atoms with van der Waals surface area (Å²) in [6, 6.07) is 7.69. The number of nitrogens with zero attached hydrogens (tertiary/aromatic N) is 5. The molecule has 3 aliphatic rings. The zero-order valence-electron chi connectivity index (χ0n) is 17.2. The van der Waals surface area contributed by atoms with Gasteiger partial charge in [0, 0.05) is 25.0 Å². The molecule has 7 nitrogen and oxygen atoms in total. The van der Waals surface area contributed by atoms with Crippen LogP contribution >= 0.6 is 0 Å². The summed E-state index contributed by atoms with van der Waals surface area (Å²) in [5.74, 6) is 0.896. The summed E-state index contributed by atoms with van der Waals surface area (Å²) in [7, 11) is 0. The quantitative estimate of drug-likeness (QED) is 0.698. The molecule has 3 aromatic rings. The Hall–Kier alpha value is -3.42. The van der Waals surface area contributed by atoms with Crippen LogP contribution in [0, 0.1) is 18.7 Å². The number of fused-ring (bicyclic) bond motifs is 3. The molecule has 3 fully saturated rings. The van der Waals surface area contributed by atoms with Gasteiger partial charge in [-0.2, -0.15) is 0 Å². The smallest absolute Gasteiger partial charge is 0.273 e. The lowest BCUT2D eigenvalue weighted by Gasteiger charge is -2.50. The van der Waals surface area contributed by atoms with E-state index in [4.69, 9.17) is 0 Å². The fraction of sp³-hybridized carbons (Fsp3) is 0.348. The Kier molecular flexibility index (Phi) is 5.05. The van der Waals surface area contributed by atoms with Crippen molar-refractivity contribution < 1.29 is 9.18 Å². The lowest BCUT2D eigenvalue weighted by Crippen LogP contribution is -2.60. The van der Waals surface area contributed by atoms with Crippen LogP contribution in [-0.4, -0.2) is 49.4 Å². The van der Waals surface area contributed by atoms with Gasteiger partial charge in [0.2, 0.25) is 0 Å². The summed E-state index contributed by atoms with van der Waals surface area (Å²) in [6.07, 6.45) is 8.70. The predicted molar refractivity (Wildman–Crippen MR) is 114 cm³/mol. The first-order valence-corrected chi connectivity index (χ1v) is 10.5. The zero-order chi connectivity index (χ0) is 21.4. The molecule has 158 valence electrons. The maximum Gasteiger partial charge on any atom is 0.273 e. The van der Waals surface area contributed by atoms with E-state index in [9.17, 15) is 9.18 Å². The van der Waals surface area contributed by atoms with Crippen molar-refractivity contribution >= 4 is 11.7 Å². The standard InChI is InChI=1S/C23H23FN6O/c1-14-4-7-20(26-10-14)29-18-9-15-5-6-19(18)30(13-15)23(31)21-17(3-2-8-25-21)22-27-11-16(24)12-28-22/h2-4,7-8,10-12,15,18-19H,5-6,9,13H2,1H3,(H,26,29). The van der Waals surface area contributed by atoms with Crippen LogP contribution in [0.3, 0.4) is 0 Å². The summed E-state index contributed by atoms with van der Waals surface area (Å²) in [6.45, 7) is 2.72. The molecular weight excluding hydrogens is 395 g/mol. The van der Waals surface area contributed by atoms with Gasteiger partial charge in [-0.25, -0.2) is 19.3 Å². The van der Waals surface area contributed by atoms with E-state index in [1.54, 1.807) is 18.3 Å². The maximum atomic E-state index is 13.6. The number of hydrogen-bond acceptors (Lipinski definition) is 6. The average molecular weight is 418 g/mol. The number of carbonyl (C=O) groups excluding carboxylic acids is 1. The van der Waals surface area contributed by atoms with Gasteiger partial charge >= 0.3 is 0 Å². The molecule has 2 aliphatic heterocycles. The number of aromatic nitrogens is 4. The van der Waals surface area contributed by atoms with Gasteiger partial charge < -0.3 is 10.2 Å². The first kappa shape index (κ1) is 19.5. The van der Waals surface area contributed by atoms with Crippen molar-refractivity contribution in [3.63, 3.8) is 0 Å². The number of halogens is 1. The van der Waals surface area contributed by atoms with Crippen LogP contribution in [0.1, 0.15) is 35.3 Å². The summed E-state index contributed by atoms with van der Waals surface area (Å²) in [5, 5.41) is 3.54. The van der Waals surface area contributed by atoms with Gasteiger partial charge in [0.1, 0.15) is 11.5 Å². The first-order valence-electron chi connectivity index (χ1n) is 10.5. The second-order valence-corrected chi connectivity index (χ2v) is 8.30. The number of piperidine rings is 2. The van der Waals surface area contributed by atoms with Gasteiger partial charge in [-0.15, -0.1) is 0 Å². The zero-order valence-corrected chi connectivity index (χ0v) is 17.2. The summed E-state index contributed by atoms with van der Waals surface area (Å²) >= 11 is 0. The van der Waals surface area contributed by atoms with Gasteiger partial charge in [-0.3, -0.25) is 9.78 Å². The molecule has 8 heteroatoms. The molecule has 3 unspecified atom stereocenters. The second kappa shape index (κ2) is 8.02. The van der Waals surface area contributed by atoms with Gasteiger partial charge in [-0.1, -0.05) is 6.07 Å². The summed E-state index contributed by atoms with van der Waals surface area (Å²) in [4.78, 5) is 32.4. The minimum absolute atomic E-state index is 0.0598. The maximum absolute atomic E-state index is 13.6. The average Bonchev–Trinajstić information content (AvgIpc) is 2.81. The van der Waals surface area contributed by atoms with Crippen molar-refractivity contribution in [3.05, 3.63) is 66.1 Å². The van der Waals surface area contributed by atoms with Crippen molar-refractivity contribution in [1.82, 2.24) is 24.8 Å². The minimum Gasteiger partial charge on any atom is -0.365 e. The number of nitrogens with one attached hydrogen (secondary N) is 1. The number of anilines is 1. The van der Waals surface area contributed by atoms with Crippen molar-refractivity contribution in [2.75, 3.05) is 11.9 Å². The fourth-order valence-corrected chi connectivity index (χ4v) is 4.67. The van der Waals surface area contributed by atoms with E-state index in [0.717, 1.165) is 43.0 Å². The molecule has 2 bridgehead atoms. The van der Waals surface area contributed by atoms with Crippen LogP contribution in [0.25, 0.3) is 11.4 Å². The van der Waals surface area contributed by atoms with E-state index in [1.807, 2.05) is 30.2 Å². The highest BCUT2D eigenvalue weighted by Crippen LogP contribution is 2.37. The van der Waals surface area contributed by atoms with Crippen LogP contribution in [0.2, 0.25) is 0 Å². The van der Waals surface area contributed by atoms with Crippen molar-refractivity contribution in [3.8, 4) is 11.4 Å². The van der Waals surface area contributed by atoms with E-state index in [0.29, 0.717) is 29.5 Å². The van der Waals surface area contributed by atoms with Gasteiger partial charge in [0.25, 0.3) is 5.91 Å². The highest BCUT2D eigenvalue weighted by atomic mass is 19.1. The van der Waals surface area contributed by atoms with E-state index in [2.05, 4.69) is 25.3 Å². The van der Waals surface area contributed by atoms with Crippen LogP contribution in [-0.2, 0) is 0 Å². The third-order valence-electron chi connectivity index (χ3n) is 6.15. The molecular formula is C23H23FN6O. The molecule has 6 rings (SSSR count). The van der Waals surface area contributed by atoms with E-state index >= 15 is 0 Å². The lowest BCUT2D eigenvalue weighted by atomic mass is 9.76. The van der Waals surface area contributed by atoms with Crippen molar-refractivity contribution in [1.29, 1.82) is 0 Å². The van der Waals surface area contributed by atoms with Crippen LogP contribution in [0.5, 0.6) is 0 Å². The lowest BCUT2D eigenvalue weighted by molar-refractivity contribution is 0.0277. The molecule has 1 N–H and O–H groups in total. The van der Waals surface area contributed by atoms with E-state index in [-0.39, 0.29) is 18.0 Å². The normalized spacial score (nSPS) is 22.4. The molecule has 0 aromatic carbocycles. The van der Waals surface area contributed by atoms with Crippen molar-refractivity contribution in [2.45, 2.75) is 38.3 Å². The third kappa shape index (κ3) is 3.85. The number of rotatable bonds is 4. The van der Waals surface area contributed by atoms with Gasteiger partial charge in [-0.05, 0) is 55.9 Å². The highest BCUT2D eigenvalue weighted by Gasteiger charge is 2.43. The Labute approximate surface area is 179 Å². The summed E-state index contributed by atoms with van der Waals surface area (Å²) < 4.78 is 13.3. The third-order valence-corrected chi connectivity index (χ3v) is 6.15.